The lowest BCUT2D eigenvalue weighted by Crippen LogP contribution is -2.38. The van der Waals surface area contributed by atoms with Crippen molar-refractivity contribution in [2.24, 2.45) is 0 Å². The van der Waals surface area contributed by atoms with E-state index in [0.717, 1.165) is 19.5 Å². The first-order valence-electron chi connectivity index (χ1n) is 4.34. The molecule has 1 fully saturated rings. The molecular weight excluding hydrogens is 192 g/mol. The molecule has 0 radical (unpaired) electrons. The van der Waals surface area contributed by atoms with Crippen molar-refractivity contribution in [3.05, 3.63) is 0 Å². The first-order chi connectivity index (χ1) is 6.14. The molecule has 1 aliphatic heterocycles. The van der Waals surface area contributed by atoms with Gasteiger partial charge in [0.2, 0.25) is 10.0 Å². The standard InChI is InChI=1S/C7H16N2O3S/c1-12-4-5-13(10,11)9-7-2-3-8-6-7/h7-9H,2-6H2,1H3/t7-/m0/s1. The fourth-order valence-corrected chi connectivity index (χ4v) is 2.47. The van der Waals surface area contributed by atoms with E-state index < -0.39 is 10.0 Å². The number of rotatable bonds is 5. The third-order valence-corrected chi connectivity index (χ3v) is 3.36. The van der Waals surface area contributed by atoms with Crippen LogP contribution in [-0.4, -0.2) is 47.0 Å². The lowest BCUT2D eigenvalue weighted by atomic mass is 10.3. The van der Waals surface area contributed by atoms with Crippen LogP contribution in [0.15, 0.2) is 0 Å². The van der Waals surface area contributed by atoms with Gasteiger partial charge in [-0.2, -0.15) is 0 Å². The highest BCUT2D eigenvalue weighted by Crippen LogP contribution is 1.99. The first-order valence-corrected chi connectivity index (χ1v) is 5.99. The van der Waals surface area contributed by atoms with Crippen LogP contribution in [0.1, 0.15) is 6.42 Å². The minimum Gasteiger partial charge on any atom is -0.384 e. The number of methoxy groups -OCH3 is 1. The quantitative estimate of drug-likeness (QED) is 0.603. The van der Waals surface area contributed by atoms with E-state index in [2.05, 4.69) is 10.0 Å². The van der Waals surface area contributed by atoms with Crippen molar-refractivity contribution in [3.63, 3.8) is 0 Å². The van der Waals surface area contributed by atoms with E-state index in [1.807, 2.05) is 0 Å². The third kappa shape index (κ3) is 4.04. The third-order valence-electron chi connectivity index (χ3n) is 1.96. The maximum Gasteiger partial charge on any atom is 0.214 e. The van der Waals surface area contributed by atoms with Gasteiger partial charge in [-0.15, -0.1) is 0 Å². The fraction of sp³-hybridized carbons (Fsp3) is 1.00. The van der Waals surface area contributed by atoms with Crippen molar-refractivity contribution in [2.75, 3.05) is 32.6 Å². The highest BCUT2D eigenvalue weighted by atomic mass is 32.2. The first kappa shape index (κ1) is 10.9. The van der Waals surface area contributed by atoms with Gasteiger partial charge >= 0.3 is 0 Å². The molecule has 0 saturated carbocycles. The average molecular weight is 208 g/mol. The molecule has 0 bridgehead atoms. The summed E-state index contributed by atoms with van der Waals surface area (Å²) in [6.45, 7) is 1.86. The second-order valence-corrected chi connectivity index (χ2v) is 4.99. The van der Waals surface area contributed by atoms with E-state index in [-0.39, 0.29) is 18.4 Å². The molecule has 6 heteroatoms. The molecule has 0 aliphatic carbocycles. The molecule has 1 rings (SSSR count). The van der Waals surface area contributed by atoms with Crippen LogP contribution in [0, 0.1) is 0 Å². The van der Waals surface area contributed by atoms with Crippen LogP contribution >= 0.6 is 0 Å². The van der Waals surface area contributed by atoms with Crippen LogP contribution in [0.2, 0.25) is 0 Å². The predicted octanol–water partition coefficient (Wildman–Crippen LogP) is -1.09. The number of sulfonamides is 1. The summed E-state index contributed by atoms with van der Waals surface area (Å²) in [6.07, 6.45) is 0.867. The molecule has 2 N–H and O–H groups in total. The second-order valence-electron chi connectivity index (χ2n) is 3.12. The van der Waals surface area contributed by atoms with Crippen LogP contribution < -0.4 is 10.0 Å². The monoisotopic (exact) mass is 208 g/mol. The van der Waals surface area contributed by atoms with Crippen LogP contribution in [0.3, 0.4) is 0 Å². The average Bonchev–Trinajstić information content (AvgIpc) is 2.52. The van der Waals surface area contributed by atoms with Crippen LogP contribution in [0.5, 0.6) is 0 Å². The SMILES string of the molecule is COCCS(=O)(=O)N[C@H]1CCNC1. The Morgan fingerprint density at radius 1 is 1.62 bits per heavy atom. The topological polar surface area (TPSA) is 67.4 Å². The van der Waals surface area contributed by atoms with Crippen molar-refractivity contribution in [2.45, 2.75) is 12.5 Å². The normalized spacial score (nSPS) is 23.6. The Kier molecular flexibility index (Phi) is 4.11. The summed E-state index contributed by atoms with van der Waals surface area (Å²) < 4.78 is 30.0. The van der Waals surface area contributed by atoms with Crippen molar-refractivity contribution >= 4 is 10.0 Å². The molecule has 1 aliphatic rings. The highest BCUT2D eigenvalue weighted by molar-refractivity contribution is 7.89. The largest absolute Gasteiger partial charge is 0.384 e. The molecule has 1 saturated heterocycles. The van der Waals surface area contributed by atoms with Gasteiger partial charge in [-0.1, -0.05) is 0 Å². The van der Waals surface area contributed by atoms with Crippen molar-refractivity contribution in [1.82, 2.24) is 10.0 Å². The summed E-state index contributed by atoms with van der Waals surface area (Å²) in [6, 6.07) is 0.0573. The second kappa shape index (κ2) is 4.90. The van der Waals surface area contributed by atoms with Crippen molar-refractivity contribution in [1.29, 1.82) is 0 Å². The van der Waals surface area contributed by atoms with E-state index in [9.17, 15) is 8.42 Å². The maximum absolute atomic E-state index is 11.3. The molecule has 5 nitrogen and oxygen atoms in total. The lowest BCUT2D eigenvalue weighted by Gasteiger charge is -2.11. The minimum atomic E-state index is -3.14. The zero-order valence-electron chi connectivity index (χ0n) is 7.75. The van der Waals surface area contributed by atoms with Gasteiger partial charge in [-0.05, 0) is 13.0 Å². The van der Waals surface area contributed by atoms with Gasteiger partial charge < -0.3 is 10.1 Å². The Hall–Kier alpha value is -0.170. The highest BCUT2D eigenvalue weighted by Gasteiger charge is 2.20. The Labute approximate surface area is 78.9 Å². The van der Waals surface area contributed by atoms with Gasteiger partial charge in [-0.25, -0.2) is 13.1 Å². The molecular formula is C7H16N2O3S. The van der Waals surface area contributed by atoms with E-state index in [1.165, 1.54) is 7.11 Å². The number of hydrogen-bond acceptors (Lipinski definition) is 4. The Balaban J connectivity index is 2.32. The molecule has 1 atom stereocenters. The summed E-state index contributed by atoms with van der Waals surface area (Å²) in [5.74, 6) is 0.0417. The van der Waals surface area contributed by atoms with E-state index in [1.54, 1.807) is 0 Å². The van der Waals surface area contributed by atoms with E-state index in [0.29, 0.717) is 0 Å². The fourth-order valence-electron chi connectivity index (χ4n) is 1.26. The molecule has 13 heavy (non-hydrogen) atoms. The van der Waals surface area contributed by atoms with Gasteiger partial charge in [0.05, 0.1) is 12.4 Å². The molecule has 0 aromatic rings. The predicted molar refractivity (Wildman–Crippen MR) is 50.1 cm³/mol. The molecule has 0 aromatic heterocycles. The van der Waals surface area contributed by atoms with Gasteiger partial charge in [0, 0.05) is 19.7 Å². The van der Waals surface area contributed by atoms with Gasteiger partial charge in [-0.3, -0.25) is 0 Å². The molecule has 0 spiro atoms. The summed E-state index contributed by atoms with van der Waals surface area (Å²) in [4.78, 5) is 0. The Morgan fingerprint density at radius 3 is 2.92 bits per heavy atom. The zero-order chi connectivity index (χ0) is 9.73. The van der Waals surface area contributed by atoms with Crippen molar-refractivity contribution in [3.8, 4) is 0 Å². The summed E-state index contributed by atoms with van der Waals surface area (Å²) in [5.41, 5.74) is 0. The summed E-state index contributed by atoms with van der Waals surface area (Å²) in [7, 11) is -1.65. The van der Waals surface area contributed by atoms with E-state index in [4.69, 9.17) is 4.74 Å². The molecule has 0 amide bonds. The summed E-state index contributed by atoms with van der Waals surface area (Å²) in [5, 5.41) is 3.09. The number of hydrogen-bond donors (Lipinski definition) is 2. The summed E-state index contributed by atoms with van der Waals surface area (Å²) >= 11 is 0. The van der Waals surface area contributed by atoms with Gasteiger partial charge in [0.1, 0.15) is 0 Å². The van der Waals surface area contributed by atoms with Gasteiger partial charge in [0.15, 0.2) is 0 Å². The van der Waals surface area contributed by atoms with Crippen molar-refractivity contribution < 1.29 is 13.2 Å². The lowest BCUT2D eigenvalue weighted by molar-refractivity contribution is 0.216. The van der Waals surface area contributed by atoms with E-state index >= 15 is 0 Å². The zero-order valence-corrected chi connectivity index (χ0v) is 8.56. The Morgan fingerprint density at radius 2 is 2.38 bits per heavy atom. The van der Waals surface area contributed by atoms with Crippen LogP contribution in [0.25, 0.3) is 0 Å². The van der Waals surface area contributed by atoms with Crippen LogP contribution in [0.4, 0.5) is 0 Å². The minimum absolute atomic E-state index is 0.0417. The Bertz CT molecular complexity index is 234. The molecule has 0 aromatic carbocycles. The van der Waals surface area contributed by atoms with Crippen LogP contribution in [-0.2, 0) is 14.8 Å². The van der Waals surface area contributed by atoms with Gasteiger partial charge in [0.25, 0.3) is 0 Å². The molecule has 0 unspecified atom stereocenters. The number of ether oxygens (including phenoxy) is 1. The molecule has 1 heterocycles. The maximum atomic E-state index is 11.3. The smallest absolute Gasteiger partial charge is 0.214 e. The molecule has 78 valence electrons. The number of nitrogens with one attached hydrogen (secondary N) is 2.